The summed E-state index contributed by atoms with van der Waals surface area (Å²) in [5.74, 6) is 0. The molecular weight excluding hydrogens is 226 g/mol. The third-order valence-corrected chi connectivity index (χ3v) is 2.03. The first-order chi connectivity index (χ1) is 8.42. The van der Waals surface area contributed by atoms with Crippen molar-refractivity contribution in [2.45, 2.75) is 53.6 Å². The number of ether oxygens (including phenoxy) is 1. The number of carbonyl (C=O) groups is 1. The topological polar surface area (TPSA) is 38.3 Å². The normalized spacial score (nSPS) is 10.1. The van der Waals surface area contributed by atoms with Gasteiger partial charge in [0.1, 0.15) is 5.60 Å². The van der Waals surface area contributed by atoms with Crippen LogP contribution in [0.4, 0.5) is 10.5 Å². The zero-order valence-corrected chi connectivity index (χ0v) is 12.3. The fraction of sp³-hybridized carbons (Fsp3) is 0.533. The molecule has 0 fully saturated rings. The number of carbonyl (C=O) groups excluding carboxylic acids is 1. The summed E-state index contributed by atoms with van der Waals surface area (Å²) in [6.07, 6.45) is 0.472. The molecule has 0 radical (unpaired) electrons. The Morgan fingerprint density at radius 3 is 2.28 bits per heavy atom. The van der Waals surface area contributed by atoms with Gasteiger partial charge in [0.2, 0.25) is 0 Å². The van der Waals surface area contributed by atoms with E-state index in [4.69, 9.17) is 4.74 Å². The summed E-state index contributed by atoms with van der Waals surface area (Å²) in [5.41, 5.74) is 1.46. The SMILES string of the molecule is CC.CCc1ccccc1NC(=O)OC(C)(C)C. The van der Waals surface area contributed by atoms with Gasteiger partial charge < -0.3 is 4.74 Å². The quantitative estimate of drug-likeness (QED) is 0.832. The minimum Gasteiger partial charge on any atom is -0.444 e. The monoisotopic (exact) mass is 251 g/mol. The lowest BCUT2D eigenvalue weighted by atomic mass is 10.1. The van der Waals surface area contributed by atoms with Crippen molar-refractivity contribution < 1.29 is 9.53 Å². The predicted octanol–water partition coefficient (Wildman–Crippen LogP) is 4.62. The minimum atomic E-state index is -0.467. The Balaban J connectivity index is 0.00000137. The summed E-state index contributed by atoms with van der Waals surface area (Å²) in [6.45, 7) is 11.6. The Bertz CT molecular complexity index is 367. The number of amides is 1. The Labute approximate surface area is 111 Å². The van der Waals surface area contributed by atoms with Crippen molar-refractivity contribution in [2.75, 3.05) is 5.32 Å². The van der Waals surface area contributed by atoms with Gasteiger partial charge in [-0.2, -0.15) is 0 Å². The van der Waals surface area contributed by atoms with Crippen LogP contribution < -0.4 is 5.32 Å². The van der Waals surface area contributed by atoms with Crippen LogP contribution in [0.2, 0.25) is 0 Å². The van der Waals surface area contributed by atoms with Crippen LogP contribution in [-0.4, -0.2) is 11.7 Å². The molecule has 0 aliphatic rings. The number of anilines is 1. The maximum atomic E-state index is 11.6. The van der Waals surface area contributed by atoms with Gasteiger partial charge in [0, 0.05) is 5.69 Å². The molecule has 102 valence electrons. The van der Waals surface area contributed by atoms with E-state index in [0.29, 0.717) is 0 Å². The first kappa shape index (κ1) is 16.5. The number of benzene rings is 1. The second kappa shape index (κ2) is 7.75. The molecule has 1 aromatic rings. The Hall–Kier alpha value is -1.51. The molecule has 0 atom stereocenters. The van der Waals surface area contributed by atoms with E-state index in [2.05, 4.69) is 12.2 Å². The number of nitrogens with one attached hydrogen (secondary N) is 1. The van der Waals surface area contributed by atoms with Crippen LogP contribution in [0.15, 0.2) is 24.3 Å². The molecule has 1 N–H and O–H groups in total. The van der Waals surface area contributed by atoms with E-state index in [1.165, 1.54) is 0 Å². The molecule has 18 heavy (non-hydrogen) atoms. The highest BCUT2D eigenvalue weighted by Crippen LogP contribution is 2.17. The van der Waals surface area contributed by atoms with Crippen molar-refractivity contribution in [3.8, 4) is 0 Å². The molecule has 1 amide bonds. The van der Waals surface area contributed by atoms with Crippen LogP contribution in [-0.2, 0) is 11.2 Å². The lowest BCUT2D eigenvalue weighted by molar-refractivity contribution is 0.0636. The number of hydrogen-bond acceptors (Lipinski definition) is 2. The first-order valence-electron chi connectivity index (χ1n) is 6.50. The van der Waals surface area contributed by atoms with Crippen LogP contribution in [0.1, 0.15) is 47.1 Å². The van der Waals surface area contributed by atoms with E-state index >= 15 is 0 Å². The maximum absolute atomic E-state index is 11.6. The van der Waals surface area contributed by atoms with Crippen molar-refractivity contribution in [3.05, 3.63) is 29.8 Å². The Kier molecular flexibility index (Phi) is 7.10. The molecular formula is C15H25NO2. The number of hydrogen-bond donors (Lipinski definition) is 1. The van der Waals surface area contributed by atoms with Gasteiger partial charge in [-0.25, -0.2) is 4.79 Å². The summed E-state index contributed by atoms with van der Waals surface area (Å²) in [7, 11) is 0. The fourth-order valence-corrected chi connectivity index (χ4v) is 1.36. The molecule has 1 aromatic carbocycles. The van der Waals surface area contributed by atoms with E-state index in [0.717, 1.165) is 17.7 Å². The molecule has 0 aromatic heterocycles. The van der Waals surface area contributed by atoms with Crippen LogP contribution in [0.3, 0.4) is 0 Å². The molecule has 0 saturated heterocycles. The average Bonchev–Trinajstić information content (AvgIpc) is 2.30. The van der Waals surface area contributed by atoms with Crippen molar-refractivity contribution >= 4 is 11.8 Å². The summed E-state index contributed by atoms with van der Waals surface area (Å²) < 4.78 is 5.19. The van der Waals surface area contributed by atoms with E-state index in [1.807, 2.05) is 58.9 Å². The Morgan fingerprint density at radius 1 is 1.22 bits per heavy atom. The van der Waals surface area contributed by atoms with E-state index in [9.17, 15) is 4.79 Å². The van der Waals surface area contributed by atoms with E-state index in [1.54, 1.807) is 0 Å². The molecule has 3 nitrogen and oxygen atoms in total. The van der Waals surface area contributed by atoms with Gasteiger partial charge in [-0.15, -0.1) is 0 Å². The van der Waals surface area contributed by atoms with Crippen molar-refractivity contribution in [2.24, 2.45) is 0 Å². The third-order valence-electron chi connectivity index (χ3n) is 2.03. The van der Waals surface area contributed by atoms with Crippen molar-refractivity contribution in [3.63, 3.8) is 0 Å². The lowest BCUT2D eigenvalue weighted by Crippen LogP contribution is -2.27. The first-order valence-corrected chi connectivity index (χ1v) is 6.50. The zero-order chi connectivity index (χ0) is 14.2. The van der Waals surface area contributed by atoms with Gasteiger partial charge in [0.15, 0.2) is 0 Å². The smallest absolute Gasteiger partial charge is 0.412 e. The van der Waals surface area contributed by atoms with Crippen molar-refractivity contribution in [1.82, 2.24) is 0 Å². The highest BCUT2D eigenvalue weighted by Gasteiger charge is 2.16. The molecule has 0 bridgehead atoms. The summed E-state index contributed by atoms with van der Waals surface area (Å²) in [5, 5.41) is 2.76. The van der Waals surface area contributed by atoms with Gasteiger partial charge in [-0.3, -0.25) is 5.32 Å². The highest BCUT2D eigenvalue weighted by molar-refractivity contribution is 5.85. The van der Waals surface area contributed by atoms with Crippen LogP contribution in [0.5, 0.6) is 0 Å². The number of para-hydroxylation sites is 1. The average molecular weight is 251 g/mol. The fourth-order valence-electron chi connectivity index (χ4n) is 1.36. The molecule has 0 aliphatic heterocycles. The molecule has 3 heteroatoms. The van der Waals surface area contributed by atoms with Crippen LogP contribution in [0.25, 0.3) is 0 Å². The van der Waals surface area contributed by atoms with Crippen LogP contribution >= 0.6 is 0 Å². The highest BCUT2D eigenvalue weighted by atomic mass is 16.6. The van der Waals surface area contributed by atoms with Crippen LogP contribution in [0, 0.1) is 0 Å². The van der Waals surface area contributed by atoms with Gasteiger partial charge >= 0.3 is 6.09 Å². The number of aryl methyl sites for hydroxylation is 1. The van der Waals surface area contributed by atoms with Gasteiger partial charge in [0.05, 0.1) is 0 Å². The summed E-state index contributed by atoms with van der Waals surface area (Å²) in [4.78, 5) is 11.6. The van der Waals surface area contributed by atoms with Gasteiger partial charge in [-0.1, -0.05) is 39.0 Å². The molecule has 0 saturated carbocycles. The largest absolute Gasteiger partial charge is 0.444 e. The molecule has 0 aliphatic carbocycles. The second-order valence-electron chi connectivity index (χ2n) is 4.64. The summed E-state index contributed by atoms with van der Waals surface area (Å²) in [6, 6.07) is 7.72. The van der Waals surface area contributed by atoms with E-state index < -0.39 is 11.7 Å². The predicted molar refractivity (Wildman–Crippen MR) is 77.0 cm³/mol. The molecule has 0 heterocycles. The van der Waals surface area contributed by atoms with Crippen molar-refractivity contribution in [1.29, 1.82) is 0 Å². The lowest BCUT2D eigenvalue weighted by Gasteiger charge is -2.20. The zero-order valence-electron chi connectivity index (χ0n) is 12.3. The number of rotatable bonds is 2. The van der Waals surface area contributed by atoms with Gasteiger partial charge in [-0.05, 0) is 38.8 Å². The van der Waals surface area contributed by atoms with Gasteiger partial charge in [0.25, 0.3) is 0 Å². The molecule has 0 spiro atoms. The maximum Gasteiger partial charge on any atom is 0.412 e. The third kappa shape index (κ3) is 6.28. The molecule has 0 unspecified atom stereocenters. The second-order valence-corrected chi connectivity index (χ2v) is 4.64. The standard InChI is InChI=1S/C13H19NO2.C2H6/c1-5-10-8-6-7-9-11(10)14-12(15)16-13(2,3)4;1-2/h6-9H,5H2,1-4H3,(H,14,15);1-2H3. The summed E-state index contributed by atoms with van der Waals surface area (Å²) >= 11 is 0. The Morgan fingerprint density at radius 2 is 1.78 bits per heavy atom. The minimum absolute atomic E-state index is 0.409. The van der Waals surface area contributed by atoms with E-state index in [-0.39, 0.29) is 0 Å². The molecule has 1 rings (SSSR count).